The second kappa shape index (κ2) is 9.24. The Kier molecular flexibility index (Phi) is 6.27. The second-order valence-electron chi connectivity index (χ2n) is 7.67. The van der Waals surface area contributed by atoms with Gasteiger partial charge in [0.1, 0.15) is 11.9 Å². The Labute approximate surface area is 167 Å². The van der Waals surface area contributed by atoms with Crippen molar-refractivity contribution in [1.29, 1.82) is 0 Å². The third-order valence-corrected chi connectivity index (χ3v) is 5.76. The van der Waals surface area contributed by atoms with Crippen molar-refractivity contribution >= 4 is 5.82 Å². The Morgan fingerprint density at radius 2 is 1.79 bits per heavy atom. The van der Waals surface area contributed by atoms with Crippen LogP contribution in [0.25, 0.3) is 0 Å². The number of hydrogen-bond acceptors (Lipinski definition) is 6. The lowest BCUT2D eigenvalue weighted by Gasteiger charge is -2.36. The van der Waals surface area contributed by atoms with Gasteiger partial charge < -0.3 is 19.7 Å². The van der Waals surface area contributed by atoms with E-state index in [4.69, 9.17) is 14.5 Å². The number of hydrogen-bond donors (Lipinski definition) is 1. The maximum Gasteiger partial charge on any atom is 0.259 e. The number of methoxy groups -OCH3 is 1. The number of nitrogens with zero attached hydrogens (tertiary/aromatic N) is 3. The predicted molar refractivity (Wildman–Crippen MR) is 110 cm³/mol. The van der Waals surface area contributed by atoms with Crippen molar-refractivity contribution in [3.8, 4) is 11.6 Å². The van der Waals surface area contributed by atoms with Crippen molar-refractivity contribution < 1.29 is 9.47 Å². The van der Waals surface area contributed by atoms with Crippen LogP contribution < -0.4 is 19.7 Å². The zero-order valence-electron chi connectivity index (χ0n) is 16.6. The first-order chi connectivity index (χ1) is 13.8. The molecular formula is C22H30N4O2. The van der Waals surface area contributed by atoms with Crippen LogP contribution in [0, 0.1) is 0 Å². The Bertz CT molecular complexity index is 743. The summed E-state index contributed by atoms with van der Waals surface area (Å²) >= 11 is 0. The van der Waals surface area contributed by atoms with E-state index in [0.29, 0.717) is 17.7 Å². The van der Waals surface area contributed by atoms with Crippen LogP contribution in [-0.2, 0) is 6.54 Å². The fraction of sp³-hybridized carbons (Fsp3) is 0.545. The molecule has 2 aromatic heterocycles. The first kappa shape index (κ1) is 19.0. The molecule has 3 heterocycles. The lowest BCUT2D eigenvalue weighted by atomic mass is 10.0. The number of ether oxygens (including phenoxy) is 2. The minimum Gasteiger partial charge on any atom is -0.491 e. The highest BCUT2D eigenvalue weighted by Crippen LogP contribution is 2.33. The Balaban J connectivity index is 1.62. The molecule has 1 aliphatic carbocycles. The van der Waals surface area contributed by atoms with E-state index in [-0.39, 0.29) is 6.10 Å². The van der Waals surface area contributed by atoms with Gasteiger partial charge in [0.15, 0.2) is 5.75 Å². The van der Waals surface area contributed by atoms with Gasteiger partial charge in [-0.2, -0.15) is 4.98 Å². The molecule has 1 aliphatic heterocycles. The largest absolute Gasteiger partial charge is 0.491 e. The smallest absolute Gasteiger partial charge is 0.259 e. The molecule has 1 saturated carbocycles. The van der Waals surface area contributed by atoms with Gasteiger partial charge in [0.2, 0.25) is 0 Å². The van der Waals surface area contributed by atoms with Crippen LogP contribution in [0.15, 0.2) is 36.7 Å². The summed E-state index contributed by atoms with van der Waals surface area (Å²) in [6.07, 6.45) is 10.8. The van der Waals surface area contributed by atoms with Gasteiger partial charge in [-0.1, -0.05) is 0 Å². The number of anilines is 1. The molecule has 2 aromatic rings. The molecule has 4 rings (SSSR count). The first-order valence-electron chi connectivity index (χ1n) is 10.4. The molecule has 0 spiro atoms. The van der Waals surface area contributed by atoms with E-state index in [1.165, 1.54) is 18.4 Å². The molecule has 2 aliphatic rings. The summed E-state index contributed by atoms with van der Waals surface area (Å²) in [5, 5.41) is 3.46. The zero-order valence-corrected chi connectivity index (χ0v) is 16.6. The summed E-state index contributed by atoms with van der Waals surface area (Å²) in [5.41, 5.74) is 1.24. The fourth-order valence-corrected chi connectivity index (χ4v) is 4.18. The molecule has 1 saturated heterocycles. The minimum absolute atomic E-state index is 0.254. The molecule has 150 valence electrons. The molecule has 0 atom stereocenters. The van der Waals surface area contributed by atoms with Crippen LogP contribution in [0.5, 0.6) is 11.6 Å². The van der Waals surface area contributed by atoms with E-state index in [0.717, 1.165) is 51.1 Å². The summed E-state index contributed by atoms with van der Waals surface area (Å²) in [6, 6.07) is 8.66. The van der Waals surface area contributed by atoms with Crippen molar-refractivity contribution in [3.05, 3.63) is 42.2 Å². The molecule has 6 nitrogen and oxygen atoms in total. The molecule has 0 bridgehead atoms. The number of pyridine rings is 2. The molecule has 2 fully saturated rings. The monoisotopic (exact) mass is 382 g/mol. The Morgan fingerprint density at radius 3 is 2.50 bits per heavy atom. The lowest BCUT2D eigenvalue weighted by molar-refractivity contribution is 0.192. The van der Waals surface area contributed by atoms with Crippen molar-refractivity contribution in [1.82, 2.24) is 15.3 Å². The van der Waals surface area contributed by atoms with Crippen molar-refractivity contribution in [2.75, 3.05) is 25.1 Å². The van der Waals surface area contributed by atoms with Crippen molar-refractivity contribution in [2.45, 2.75) is 57.2 Å². The molecule has 28 heavy (non-hydrogen) atoms. The van der Waals surface area contributed by atoms with Crippen LogP contribution in [-0.4, -0.2) is 42.3 Å². The maximum absolute atomic E-state index is 6.24. The molecular weight excluding hydrogens is 352 g/mol. The maximum atomic E-state index is 6.24. The lowest BCUT2D eigenvalue weighted by Crippen LogP contribution is -2.43. The molecule has 0 unspecified atom stereocenters. The van der Waals surface area contributed by atoms with Crippen molar-refractivity contribution in [2.24, 2.45) is 0 Å². The van der Waals surface area contributed by atoms with E-state index in [1.807, 2.05) is 18.5 Å². The zero-order chi connectivity index (χ0) is 19.2. The highest BCUT2D eigenvalue weighted by Gasteiger charge is 2.25. The standard InChI is InChI=1S/C22H30N4O2/c1-27-20-6-7-21(25-22(20)28-19-4-2-3-5-19)26(18-10-14-24-15-11-18)16-17-8-12-23-13-9-17/h6-9,12-13,18-19,24H,2-5,10-11,14-16H2,1H3. The number of piperidine rings is 1. The average Bonchev–Trinajstić information content (AvgIpc) is 3.26. The normalized spacial score (nSPS) is 18.2. The third-order valence-electron chi connectivity index (χ3n) is 5.76. The van der Waals surface area contributed by atoms with Crippen LogP contribution >= 0.6 is 0 Å². The highest BCUT2D eigenvalue weighted by molar-refractivity contribution is 5.48. The molecule has 6 heteroatoms. The van der Waals surface area contributed by atoms with Gasteiger partial charge in [-0.05, 0) is 81.4 Å². The Hall–Kier alpha value is -2.34. The van der Waals surface area contributed by atoms with Gasteiger partial charge in [-0.25, -0.2) is 0 Å². The van der Waals surface area contributed by atoms with E-state index < -0.39 is 0 Å². The minimum atomic E-state index is 0.254. The Morgan fingerprint density at radius 1 is 1.04 bits per heavy atom. The van der Waals surface area contributed by atoms with Crippen LogP contribution in [0.4, 0.5) is 5.82 Å². The molecule has 0 amide bonds. The summed E-state index contributed by atoms with van der Waals surface area (Å²) in [6.45, 7) is 2.90. The third kappa shape index (κ3) is 4.55. The number of rotatable bonds is 7. The second-order valence-corrected chi connectivity index (χ2v) is 7.67. The SMILES string of the molecule is COc1ccc(N(Cc2ccncc2)C2CCNCC2)nc1OC1CCCC1. The quantitative estimate of drug-likeness (QED) is 0.790. The molecule has 0 radical (unpaired) electrons. The van der Waals surface area contributed by atoms with Gasteiger partial charge in [0.05, 0.1) is 7.11 Å². The summed E-state index contributed by atoms with van der Waals surface area (Å²) in [4.78, 5) is 11.5. The van der Waals surface area contributed by atoms with Crippen LogP contribution in [0.1, 0.15) is 44.1 Å². The van der Waals surface area contributed by atoms with E-state index in [1.54, 1.807) is 7.11 Å². The number of nitrogens with one attached hydrogen (secondary N) is 1. The van der Waals surface area contributed by atoms with Gasteiger partial charge in [-0.15, -0.1) is 0 Å². The summed E-state index contributed by atoms with van der Waals surface area (Å²) in [7, 11) is 1.68. The van der Waals surface area contributed by atoms with E-state index >= 15 is 0 Å². The first-order valence-corrected chi connectivity index (χ1v) is 10.4. The molecule has 0 aromatic carbocycles. The summed E-state index contributed by atoms with van der Waals surface area (Å²) < 4.78 is 11.8. The van der Waals surface area contributed by atoms with Gasteiger partial charge in [0.25, 0.3) is 5.88 Å². The van der Waals surface area contributed by atoms with Crippen LogP contribution in [0.2, 0.25) is 0 Å². The predicted octanol–water partition coefficient (Wildman–Crippen LogP) is 3.57. The van der Waals surface area contributed by atoms with Crippen LogP contribution in [0.3, 0.4) is 0 Å². The topological polar surface area (TPSA) is 59.5 Å². The number of aromatic nitrogens is 2. The van der Waals surface area contributed by atoms with Gasteiger partial charge in [0, 0.05) is 25.0 Å². The molecule has 1 N–H and O–H groups in total. The summed E-state index contributed by atoms with van der Waals surface area (Å²) in [5.74, 6) is 2.29. The van der Waals surface area contributed by atoms with E-state index in [2.05, 4.69) is 33.4 Å². The van der Waals surface area contributed by atoms with Gasteiger partial charge in [-0.3, -0.25) is 4.98 Å². The van der Waals surface area contributed by atoms with Crippen molar-refractivity contribution in [3.63, 3.8) is 0 Å². The van der Waals surface area contributed by atoms with E-state index in [9.17, 15) is 0 Å². The highest BCUT2D eigenvalue weighted by atomic mass is 16.5. The van der Waals surface area contributed by atoms with Gasteiger partial charge >= 0.3 is 0 Å². The average molecular weight is 383 g/mol. The fourth-order valence-electron chi connectivity index (χ4n) is 4.18.